The Morgan fingerprint density at radius 3 is 2.27 bits per heavy atom. The van der Waals surface area contributed by atoms with Gasteiger partial charge in [0.05, 0.1) is 5.39 Å². The maximum atomic E-state index is 6.00. The van der Waals surface area contributed by atoms with Gasteiger partial charge in [0, 0.05) is 11.4 Å². The minimum absolute atomic E-state index is 0.141. The third kappa shape index (κ3) is 2.39. The fourth-order valence-corrected chi connectivity index (χ4v) is 2.67. The molecule has 0 amide bonds. The quantitative estimate of drug-likeness (QED) is 0.622. The van der Waals surface area contributed by atoms with E-state index in [0.29, 0.717) is 11.5 Å². The summed E-state index contributed by atoms with van der Waals surface area (Å²) in [5, 5.41) is 0.769. The second-order valence-electron chi connectivity index (χ2n) is 5.38. The molecule has 0 atom stereocenters. The number of anilines is 3. The van der Waals surface area contributed by atoms with Gasteiger partial charge in [-0.05, 0) is 49.1 Å². The Labute approximate surface area is 128 Å². The summed E-state index contributed by atoms with van der Waals surface area (Å²) >= 11 is 0. The minimum atomic E-state index is 0.141. The molecule has 2 heterocycles. The van der Waals surface area contributed by atoms with Crippen molar-refractivity contribution in [3.63, 3.8) is 0 Å². The van der Waals surface area contributed by atoms with Crippen molar-refractivity contribution in [2.45, 2.75) is 20.3 Å². The number of aryl methyl sites for hydroxylation is 2. The van der Waals surface area contributed by atoms with Crippen LogP contribution in [0.3, 0.4) is 0 Å². The molecule has 0 aliphatic heterocycles. The molecule has 0 saturated carbocycles. The fraction of sp³-hybridized carbons (Fsp3) is 0.188. The SMILES string of the molecule is Cc1nc2nc(N)nc(N)c2c(C)c1Cc1ccc(N)cc1. The van der Waals surface area contributed by atoms with Crippen LogP contribution in [0.1, 0.15) is 22.4 Å². The fourth-order valence-electron chi connectivity index (χ4n) is 2.67. The van der Waals surface area contributed by atoms with Crippen molar-refractivity contribution in [1.82, 2.24) is 15.0 Å². The zero-order chi connectivity index (χ0) is 15.9. The first kappa shape index (κ1) is 14.1. The van der Waals surface area contributed by atoms with Crippen molar-refractivity contribution in [2.75, 3.05) is 17.2 Å². The third-order valence-corrected chi connectivity index (χ3v) is 3.83. The minimum Gasteiger partial charge on any atom is -0.399 e. The summed E-state index contributed by atoms with van der Waals surface area (Å²) in [6.07, 6.45) is 0.755. The van der Waals surface area contributed by atoms with Gasteiger partial charge in [-0.15, -0.1) is 0 Å². The molecule has 0 bridgehead atoms. The second-order valence-corrected chi connectivity index (χ2v) is 5.38. The van der Waals surface area contributed by atoms with Gasteiger partial charge < -0.3 is 17.2 Å². The smallest absolute Gasteiger partial charge is 0.224 e. The molecule has 6 heteroatoms. The Balaban J connectivity index is 2.15. The first-order valence-corrected chi connectivity index (χ1v) is 6.99. The number of aromatic nitrogens is 3. The van der Waals surface area contributed by atoms with Crippen LogP contribution in [0.25, 0.3) is 11.0 Å². The molecule has 0 unspecified atom stereocenters. The first-order valence-electron chi connectivity index (χ1n) is 6.99. The van der Waals surface area contributed by atoms with E-state index in [1.807, 2.05) is 38.1 Å². The Morgan fingerprint density at radius 1 is 0.909 bits per heavy atom. The van der Waals surface area contributed by atoms with E-state index in [2.05, 4.69) is 15.0 Å². The number of hydrogen-bond donors (Lipinski definition) is 3. The Kier molecular flexibility index (Phi) is 3.29. The number of nitrogens with zero attached hydrogens (tertiary/aromatic N) is 3. The standard InChI is InChI=1S/C16H18N6/c1-8-12(7-10-3-5-11(17)6-4-10)9(2)20-15-13(8)14(18)21-16(19)22-15/h3-6H,7,17H2,1-2H3,(H4,18,19,20,21,22). The molecule has 3 rings (SSSR count). The molecule has 22 heavy (non-hydrogen) atoms. The Hall–Kier alpha value is -2.89. The molecule has 0 aliphatic carbocycles. The molecule has 0 spiro atoms. The molecular weight excluding hydrogens is 276 g/mol. The van der Waals surface area contributed by atoms with Crippen LogP contribution in [-0.4, -0.2) is 15.0 Å². The summed E-state index contributed by atoms with van der Waals surface area (Å²) < 4.78 is 0. The lowest BCUT2D eigenvalue weighted by Gasteiger charge is -2.13. The zero-order valence-corrected chi connectivity index (χ0v) is 12.6. The number of nitrogen functional groups attached to an aromatic ring is 3. The van der Waals surface area contributed by atoms with Gasteiger partial charge >= 0.3 is 0 Å². The number of pyridine rings is 1. The van der Waals surface area contributed by atoms with Gasteiger partial charge in [0.2, 0.25) is 5.95 Å². The summed E-state index contributed by atoms with van der Waals surface area (Å²) in [6.45, 7) is 3.98. The lowest BCUT2D eigenvalue weighted by Crippen LogP contribution is -2.07. The normalized spacial score (nSPS) is 11.0. The molecular formula is C16H18N6. The van der Waals surface area contributed by atoms with Gasteiger partial charge in [-0.2, -0.15) is 9.97 Å². The summed E-state index contributed by atoms with van der Waals surface area (Å²) in [5.41, 5.74) is 22.9. The predicted molar refractivity (Wildman–Crippen MR) is 89.3 cm³/mol. The van der Waals surface area contributed by atoms with Crippen molar-refractivity contribution >= 4 is 28.5 Å². The van der Waals surface area contributed by atoms with Gasteiger partial charge in [0.25, 0.3) is 0 Å². The number of fused-ring (bicyclic) bond motifs is 1. The van der Waals surface area contributed by atoms with Crippen molar-refractivity contribution in [2.24, 2.45) is 0 Å². The maximum Gasteiger partial charge on any atom is 0.224 e. The average Bonchev–Trinajstić information content (AvgIpc) is 2.44. The highest BCUT2D eigenvalue weighted by Gasteiger charge is 2.14. The van der Waals surface area contributed by atoms with E-state index in [-0.39, 0.29) is 5.95 Å². The largest absolute Gasteiger partial charge is 0.399 e. The van der Waals surface area contributed by atoms with Gasteiger partial charge in [0.1, 0.15) is 5.82 Å². The topological polar surface area (TPSA) is 117 Å². The lowest BCUT2D eigenvalue weighted by atomic mass is 9.97. The van der Waals surface area contributed by atoms with Gasteiger partial charge in [-0.25, -0.2) is 4.98 Å². The summed E-state index contributed by atoms with van der Waals surface area (Å²) in [4.78, 5) is 12.8. The lowest BCUT2D eigenvalue weighted by molar-refractivity contribution is 1.06. The van der Waals surface area contributed by atoms with E-state index < -0.39 is 0 Å². The monoisotopic (exact) mass is 294 g/mol. The molecule has 0 aliphatic rings. The van der Waals surface area contributed by atoms with E-state index in [9.17, 15) is 0 Å². The van der Waals surface area contributed by atoms with Crippen molar-refractivity contribution in [3.05, 3.63) is 46.6 Å². The second kappa shape index (κ2) is 5.14. The van der Waals surface area contributed by atoms with E-state index >= 15 is 0 Å². The highest BCUT2D eigenvalue weighted by atomic mass is 15.1. The van der Waals surface area contributed by atoms with Crippen LogP contribution in [0, 0.1) is 13.8 Å². The summed E-state index contributed by atoms with van der Waals surface area (Å²) in [6, 6.07) is 7.82. The third-order valence-electron chi connectivity index (χ3n) is 3.83. The molecule has 6 nitrogen and oxygen atoms in total. The van der Waals surface area contributed by atoms with Crippen LogP contribution in [0.2, 0.25) is 0 Å². The molecule has 0 fully saturated rings. The molecule has 6 N–H and O–H groups in total. The maximum absolute atomic E-state index is 6.00. The highest BCUT2D eigenvalue weighted by molar-refractivity contribution is 5.90. The van der Waals surface area contributed by atoms with Crippen LogP contribution >= 0.6 is 0 Å². The van der Waals surface area contributed by atoms with E-state index in [0.717, 1.165) is 39.9 Å². The number of hydrogen-bond acceptors (Lipinski definition) is 6. The van der Waals surface area contributed by atoms with Crippen LogP contribution in [0.15, 0.2) is 24.3 Å². The van der Waals surface area contributed by atoms with Gasteiger partial charge in [-0.3, -0.25) is 0 Å². The van der Waals surface area contributed by atoms with E-state index in [1.165, 1.54) is 0 Å². The number of nitrogens with two attached hydrogens (primary N) is 3. The van der Waals surface area contributed by atoms with Crippen molar-refractivity contribution in [1.29, 1.82) is 0 Å². The van der Waals surface area contributed by atoms with Crippen LogP contribution < -0.4 is 17.2 Å². The van der Waals surface area contributed by atoms with Crippen molar-refractivity contribution in [3.8, 4) is 0 Å². The number of benzene rings is 1. The molecule has 3 aromatic rings. The molecule has 2 aromatic heterocycles. The van der Waals surface area contributed by atoms with Crippen molar-refractivity contribution < 1.29 is 0 Å². The van der Waals surface area contributed by atoms with Crippen LogP contribution in [0.5, 0.6) is 0 Å². The highest BCUT2D eigenvalue weighted by Crippen LogP contribution is 2.27. The Bertz CT molecular complexity index is 855. The average molecular weight is 294 g/mol. The first-order chi connectivity index (χ1) is 10.5. The van der Waals surface area contributed by atoms with E-state index in [4.69, 9.17) is 17.2 Å². The molecule has 1 aromatic carbocycles. The molecule has 0 saturated heterocycles. The zero-order valence-electron chi connectivity index (χ0n) is 12.6. The summed E-state index contributed by atoms with van der Waals surface area (Å²) in [7, 11) is 0. The van der Waals surface area contributed by atoms with Gasteiger partial charge in [0.15, 0.2) is 5.65 Å². The number of rotatable bonds is 2. The predicted octanol–water partition coefficient (Wildman–Crippen LogP) is 1.98. The van der Waals surface area contributed by atoms with Crippen LogP contribution in [-0.2, 0) is 6.42 Å². The summed E-state index contributed by atoms with van der Waals surface area (Å²) in [5.74, 6) is 0.508. The molecule has 0 radical (unpaired) electrons. The van der Waals surface area contributed by atoms with Crippen LogP contribution in [0.4, 0.5) is 17.5 Å². The van der Waals surface area contributed by atoms with Gasteiger partial charge in [-0.1, -0.05) is 12.1 Å². The van der Waals surface area contributed by atoms with E-state index in [1.54, 1.807) is 0 Å². The Morgan fingerprint density at radius 2 is 1.59 bits per heavy atom. The molecule has 112 valence electrons.